The standard InChI is InChI=1S/C13H19N3O/c1-2-3-8-6-11(8)16-12-7-9(13(15)17)4-5-10(12)14/h4-5,7-8,11,16H,2-3,6,14H2,1H3,(H2,15,17). The molecular formula is C13H19N3O. The van der Waals surface area contributed by atoms with E-state index in [0.29, 0.717) is 17.3 Å². The van der Waals surface area contributed by atoms with Crippen LogP contribution in [0.25, 0.3) is 0 Å². The van der Waals surface area contributed by atoms with Gasteiger partial charge in [0.25, 0.3) is 0 Å². The lowest BCUT2D eigenvalue weighted by molar-refractivity contribution is 0.100. The number of carbonyl (C=O) groups is 1. The Morgan fingerprint density at radius 1 is 1.53 bits per heavy atom. The lowest BCUT2D eigenvalue weighted by atomic mass is 10.1. The lowest BCUT2D eigenvalue weighted by Gasteiger charge is -2.10. The van der Waals surface area contributed by atoms with Crippen LogP contribution in [0.5, 0.6) is 0 Å². The summed E-state index contributed by atoms with van der Waals surface area (Å²) in [4.78, 5) is 11.1. The number of nitrogen functional groups attached to an aromatic ring is 1. The normalized spacial score (nSPS) is 22.2. The van der Waals surface area contributed by atoms with Gasteiger partial charge in [-0.3, -0.25) is 4.79 Å². The first-order valence-electron chi connectivity index (χ1n) is 6.07. The zero-order valence-corrected chi connectivity index (χ0v) is 10.1. The number of amides is 1. The van der Waals surface area contributed by atoms with Crippen LogP contribution in [0.4, 0.5) is 11.4 Å². The van der Waals surface area contributed by atoms with Crippen molar-refractivity contribution in [1.29, 1.82) is 0 Å². The average Bonchev–Trinajstić information content (AvgIpc) is 3.00. The molecule has 0 radical (unpaired) electrons. The van der Waals surface area contributed by atoms with Crippen molar-refractivity contribution in [1.82, 2.24) is 0 Å². The molecule has 1 amide bonds. The molecule has 1 fully saturated rings. The quantitative estimate of drug-likeness (QED) is 0.680. The third kappa shape index (κ3) is 2.70. The third-order valence-electron chi connectivity index (χ3n) is 3.26. The minimum atomic E-state index is -0.422. The maximum Gasteiger partial charge on any atom is 0.248 e. The molecular weight excluding hydrogens is 214 g/mol. The van der Waals surface area contributed by atoms with Crippen molar-refractivity contribution in [2.75, 3.05) is 11.1 Å². The predicted octanol–water partition coefficient (Wildman–Crippen LogP) is 1.97. The van der Waals surface area contributed by atoms with E-state index >= 15 is 0 Å². The fourth-order valence-electron chi connectivity index (χ4n) is 2.15. The number of nitrogens with one attached hydrogen (secondary N) is 1. The van der Waals surface area contributed by atoms with Gasteiger partial charge < -0.3 is 16.8 Å². The van der Waals surface area contributed by atoms with Crippen LogP contribution in [0.15, 0.2) is 18.2 Å². The molecule has 0 saturated heterocycles. The van der Waals surface area contributed by atoms with Crippen LogP contribution in [0.1, 0.15) is 36.5 Å². The van der Waals surface area contributed by atoms with Gasteiger partial charge in [-0.2, -0.15) is 0 Å². The number of hydrogen-bond acceptors (Lipinski definition) is 3. The molecule has 2 unspecified atom stereocenters. The Hall–Kier alpha value is -1.71. The molecule has 17 heavy (non-hydrogen) atoms. The molecule has 5 N–H and O–H groups in total. The van der Waals surface area contributed by atoms with Gasteiger partial charge in [0.05, 0.1) is 11.4 Å². The molecule has 0 heterocycles. The second-order valence-corrected chi connectivity index (χ2v) is 4.70. The van der Waals surface area contributed by atoms with E-state index in [4.69, 9.17) is 11.5 Å². The van der Waals surface area contributed by atoms with Gasteiger partial charge in [-0.25, -0.2) is 0 Å². The van der Waals surface area contributed by atoms with Crippen molar-refractivity contribution in [3.8, 4) is 0 Å². The highest BCUT2D eigenvalue weighted by Gasteiger charge is 2.36. The smallest absolute Gasteiger partial charge is 0.248 e. The van der Waals surface area contributed by atoms with E-state index in [2.05, 4.69) is 12.2 Å². The lowest BCUT2D eigenvalue weighted by Crippen LogP contribution is -2.13. The number of carbonyl (C=O) groups excluding carboxylic acids is 1. The molecule has 0 bridgehead atoms. The number of anilines is 2. The zero-order chi connectivity index (χ0) is 12.4. The van der Waals surface area contributed by atoms with Gasteiger partial charge in [0.2, 0.25) is 5.91 Å². The average molecular weight is 233 g/mol. The Balaban J connectivity index is 2.05. The summed E-state index contributed by atoms with van der Waals surface area (Å²) < 4.78 is 0. The summed E-state index contributed by atoms with van der Waals surface area (Å²) in [5, 5.41) is 3.38. The minimum absolute atomic E-state index is 0.422. The van der Waals surface area contributed by atoms with E-state index < -0.39 is 5.91 Å². The molecule has 2 rings (SSSR count). The minimum Gasteiger partial charge on any atom is -0.397 e. The number of rotatable bonds is 5. The molecule has 0 aromatic heterocycles. The number of hydrogen-bond donors (Lipinski definition) is 3. The van der Waals surface area contributed by atoms with Crippen molar-refractivity contribution in [3.63, 3.8) is 0 Å². The van der Waals surface area contributed by atoms with Gasteiger partial charge in [-0.1, -0.05) is 13.3 Å². The monoisotopic (exact) mass is 233 g/mol. The summed E-state index contributed by atoms with van der Waals surface area (Å²) in [6.07, 6.45) is 3.64. The second kappa shape index (κ2) is 4.65. The Bertz CT molecular complexity index is 431. The SMILES string of the molecule is CCCC1CC1Nc1cc(C(N)=O)ccc1N. The van der Waals surface area contributed by atoms with Gasteiger partial charge in [0.1, 0.15) is 0 Å². The van der Waals surface area contributed by atoms with Crippen LogP contribution >= 0.6 is 0 Å². The van der Waals surface area contributed by atoms with Crippen LogP contribution < -0.4 is 16.8 Å². The van der Waals surface area contributed by atoms with Gasteiger partial charge in [0, 0.05) is 11.6 Å². The third-order valence-corrected chi connectivity index (χ3v) is 3.26. The first-order valence-corrected chi connectivity index (χ1v) is 6.07. The number of primary amides is 1. The molecule has 1 aromatic carbocycles. The van der Waals surface area contributed by atoms with Crippen molar-refractivity contribution in [2.45, 2.75) is 32.2 Å². The first-order chi connectivity index (χ1) is 8.11. The number of nitrogens with two attached hydrogens (primary N) is 2. The maximum absolute atomic E-state index is 11.1. The molecule has 0 aliphatic heterocycles. The molecule has 1 aromatic rings. The highest BCUT2D eigenvalue weighted by molar-refractivity contribution is 5.95. The zero-order valence-electron chi connectivity index (χ0n) is 10.1. The summed E-state index contributed by atoms with van der Waals surface area (Å²) in [5.41, 5.74) is 13.1. The maximum atomic E-state index is 11.1. The summed E-state index contributed by atoms with van der Waals surface area (Å²) in [7, 11) is 0. The largest absolute Gasteiger partial charge is 0.397 e. The predicted molar refractivity (Wildman–Crippen MR) is 69.8 cm³/mol. The molecule has 92 valence electrons. The van der Waals surface area contributed by atoms with Crippen LogP contribution in [0.3, 0.4) is 0 Å². The molecule has 4 nitrogen and oxygen atoms in total. The Labute approximate surface area is 101 Å². The molecule has 0 spiro atoms. The van der Waals surface area contributed by atoms with Gasteiger partial charge in [-0.05, 0) is 37.0 Å². The van der Waals surface area contributed by atoms with E-state index in [1.807, 2.05) is 0 Å². The summed E-state index contributed by atoms with van der Waals surface area (Å²) in [6, 6.07) is 5.61. The Kier molecular flexibility index (Phi) is 3.22. The highest BCUT2D eigenvalue weighted by atomic mass is 16.1. The van der Waals surface area contributed by atoms with Gasteiger partial charge in [0.15, 0.2) is 0 Å². The molecule has 1 aliphatic carbocycles. The van der Waals surface area contributed by atoms with Gasteiger partial charge in [-0.15, -0.1) is 0 Å². The molecule has 4 heteroatoms. The fraction of sp³-hybridized carbons (Fsp3) is 0.462. The molecule has 2 atom stereocenters. The van der Waals surface area contributed by atoms with Crippen LogP contribution in [-0.4, -0.2) is 11.9 Å². The van der Waals surface area contributed by atoms with Crippen LogP contribution in [0.2, 0.25) is 0 Å². The number of benzene rings is 1. The van der Waals surface area contributed by atoms with E-state index in [1.165, 1.54) is 19.3 Å². The van der Waals surface area contributed by atoms with Crippen molar-refractivity contribution in [2.24, 2.45) is 11.7 Å². The molecule has 1 saturated carbocycles. The van der Waals surface area contributed by atoms with E-state index in [-0.39, 0.29) is 0 Å². The fourth-order valence-corrected chi connectivity index (χ4v) is 2.15. The van der Waals surface area contributed by atoms with E-state index in [1.54, 1.807) is 18.2 Å². The topological polar surface area (TPSA) is 81.1 Å². The van der Waals surface area contributed by atoms with Crippen molar-refractivity contribution >= 4 is 17.3 Å². The molecule has 1 aliphatic rings. The van der Waals surface area contributed by atoms with Crippen molar-refractivity contribution in [3.05, 3.63) is 23.8 Å². The second-order valence-electron chi connectivity index (χ2n) is 4.70. The van der Waals surface area contributed by atoms with E-state index in [9.17, 15) is 4.79 Å². The van der Waals surface area contributed by atoms with E-state index in [0.717, 1.165) is 11.6 Å². The summed E-state index contributed by atoms with van der Waals surface area (Å²) >= 11 is 0. The van der Waals surface area contributed by atoms with Gasteiger partial charge >= 0.3 is 0 Å². The Morgan fingerprint density at radius 3 is 2.94 bits per heavy atom. The highest BCUT2D eigenvalue weighted by Crippen LogP contribution is 2.38. The summed E-state index contributed by atoms with van der Waals surface area (Å²) in [6.45, 7) is 2.19. The van der Waals surface area contributed by atoms with Crippen LogP contribution in [-0.2, 0) is 0 Å². The first kappa shape index (κ1) is 11.8. The van der Waals surface area contributed by atoms with Crippen molar-refractivity contribution < 1.29 is 4.79 Å². The summed E-state index contributed by atoms with van der Waals surface area (Å²) in [5.74, 6) is 0.325. The van der Waals surface area contributed by atoms with Crippen LogP contribution in [0, 0.1) is 5.92 Å². The Morgan fingerprint density at radius 2 is 2.29 bits per heavy atom.